The molecule has 10 nitrogen and oxygen atoms in total. The Bertz CT molecular complexity index is 1110. The van der Waals surface area contributed by atoms with Crippen molar-refractivity contribution in [2.75, 3.05) is 42.2 Å². The molecule has 2 aromatic rings. The maximum Gasteiger partial charge on any atom is 0.233 e. The normalized spacial score (nSPS) is 19.2. The summed E-state index contributed by atoms with van der Waals surface area (Å²) in [7, 11) is 0. The van der Waals surface area contributed by atoms with Gasteiger partial charge in [0.15, 0.2) is 0 Å². The summed E-state index contributed by atoms with van der Waals surface area (Å²) < 4.78 is 5.40. The number of amides is 1. The monoisotopic (exact) mass is 592 g/mol. The van der Waals surface area contributed by atoms with E-state index in [2.05, 4.69) is 38.2 Å². The average Bonchev–Trinajstić information content (AvgIpc) is 3.02. The summed E-state index contributed by atoms with van der Waals surface area (Å²) in [4.78, 5) is 26.4. The van der Waals surface area contributed by atoms with Crippen LogP contribution in [-0.2, 0) is 16.0 Å². The van der Waals surface area contributed by atoms with E-state index in [1.165, 1.54) is 64.0 Å². The van der Waals surface area contributed by atoms with E-state index in [0.717, 1.165) is 49.5 Å². The minimum absolute atomic E-state index is 0.0991. The summed E-state index contributed by atoms with van der Waals surface area (Å²) in [5.41, 5.74) is 7.25. The Labute approximate surface area is 257 Å². The summed E-state index contributed by atoms with van der Waals surface area (Å²) in [6, 6.07) is 7.76. The lowest BCUT2D eigenvalue weighted by atomic mass is 9.83. The minimum atomic E-state index is -0.0991. The molecule has 4 rings (SSSR count). The molecule has 0 saturated heterocycles. The van der Waals surface area contributed by atoms with Gasteiger partial charge in [0.1, 0.15) is 0 Å². The number of rotatable bonds is 17. The van der Waals surface area contributed by atoms with Gasteiger partial charge >= 0.3 is 0 Å². The molecule has 10 heteroatoms. The number of benzene rings is 1. The first-order valence-corrected chi connectivity index (χ1v) is 16.4. The topological polar surface area (TPSA) is 139 Å². The van der Waals surface area contributed by atoms with E-state index in [1.54, 1.807) is 6.20 Å². The largest absolute Gasteiger partial charge is 0.500 e. The Morgan fingerprint density at radius 2 is 1.51 bits per heavy atom. The third-order valence-electron chi connectivity index (χ3n) is 8.54. The fraction of sp³-hybridized carbons (Fsp3) is 0.636. The zero-order chi connectivity index (χ0) is 30.1. The van der Waals surface area contributed by atoms with Crippen molar-refractivity contribution in [3.05, 3.63) is 42.3 Å². The van der Waals surface area contributed by atoms with Crippen molar-refractivity contribution >= 4 is 29.4 Å². The van der Waals surface area contributed by atoms with Crippen molar-refractivity contribution in [3.8, 4) is 0 Å². The average molecular weight is 593 g/mol. The van der Waals surface area contributed by atoms with Gasteiger partial charge in [-0.15, -0.1) is 0 Å². The Hall–Kier alpha value is -3.40. The van der Waals surface area contributed by atoms with E-state index in [1.807, 2.05) is 24.3 Å². The van der Waals surface area contributed by atoms with Gasteiger partial charge in [-0.1, -0.05) is 51.2 Å². The van der Waals surface area contributed by atoms with Crippen molar-refractivity contribution in [2.24, 2.45) is 23.5 Å². The first kappa shape index (κ1) is 32.5. The van der Waals surface area contributed by atoms with Crippen LogP contribution >= 0.6 is 0 Å². The van der Waals surface area contributed by atoms with E-state index in [4.69, 9.17) is 15.5 Å². The molecule has 6 N–H and O–H groups in total. The van der Waals surface area contributed by atoms with Crippen LogP contribution in [0.15, 0.2) is 36.7 Å². The summed E-state index contributed by atoms with van der Waals surface area (Å²) in [5, 5.41) is 13.1. The molecule has 2 saturated carbocycles. The maximum atomic E-state index is 12.3. The van der Waals surface area contributed by atoms with Gasteiger partial charge in [-0.2, -0.15) is 15.0 Å². The maximum absolute atomic E-state index is 12.3. The van der Waals surface area contributed by atoms with Crippen LogP contribution in [0.3, 0.4) is 0 Å². The number of nitrogens with two attached hydrogens (primary N) is 1. The van der Waals surface area contributed by atoms with Crippen LogP contribution in [0.1, 0.15) is 89.5 Å². The van der Waals surface area contributed by atoms with E-state index in [9.17, 15) is 4.79 Å². The Morgan fingerprint density at radius 3 is 2.19 bits per heavy atom. The molecule has 2 aliphatic carbocycles. The lowest BCUT2D eigenvalue weighted by Crippen LogP contribution is -2.22. The van der Waals surface area contributed by atoms with Gasteiger partial charge in [0.05, 0.1) is 19.3 Å². The van der Waals surface area contributed by atoms with Gasteiger partial charge < -0.3 is 31.7 Å². The highest BCUT2D eigenvalue weighted by Crippen LogP contribution is 2.28. The third-order valence-corrected chi connectivity index (χ3v) is 8.54. The highest BCUT2D eigenvalue weighted by Gasteiger charge is 2.19. The summed E-state index contributed by atoms with van der Waals surface area (Å²) in [6.45, 7) is 5.44. The number of unbranched alkanes of at least 4 members (excludes halogenated alkanes) is 2. The smallest absolute Gasteiger partial charge is 0.233 e. The molecule has 1 heterocycles. The predicted octanol–water partition coefficient (Wildman–Crippen LogP) is 6.12. The second-order valence-corrected chi connectivity index (χ2v) is 12.3. The molecule has 2 fully saturated rings. The molecule has 0 bridgehead atoms. The summed E-state index contributed by atoms with van der Waals surface area (Å²) in [6.07, 6.45) is 17.9. The highest BCUT2D eigenvalue weighted by molar-refractivity contribution is 5.79. The molecule has 236 valence electrons. The minimum Gasteiger partial charge on any atom is -0.500 e. The summed E-state index contributed by atoms with van der Waals surface area (Å²) >= 11 is 0. The van der Waals surface area contributed by atoms with E-state index >= 15 is 0 Å². The van der Waals surface area contributed by atoms with E-state index < -0.39 is 0 Å². The third kappa shape index (κ3) is 12.4. The van der Waals surface area contributed by atoms with Crippen LogP contribution in [0.2, 0.25) is 0 Å². The SMILES string of the molecule is CC1CCC(CNc2nc(NCC3CCCCC3)nc(Nc3ccc(CC(=O)N/C=C/OCCCCCN)cc3)n2)CC1. The lowest BCUT2D eigenvalue weighted by molar-refractivity contribution is -0.119. The fourth-order valence-corrected chi connectivity index (χ4v) is 5.81. The van der Waals surface area contributed by atoms with Crippen LogP contribution in [0, 0.1) is 17.8 Å². The molecular weight excluding hydrogens is 540 g/mol. The molecule has 0 atom stereocenters. The molecule has 1 aromatic carbocycles. The van der Waals surface area contributed by atoms with Gasteiger partial charge in [-0.05, 0) is 86.9 Å². The molecule has 0 spiro atoms. The first-order chi connectivity index (χ1) is 21.1. The Morgan fingerprint density at radius 1 is 0.860 bits per heavy atom. The highest BCUT2D eigenvalue weighted by atomic mass is 16.5. The van der Waals surface area contributed by atoms with Crippen molar-refractivity contribution < 1.29 is 9.53 Å². The van der Waals surface area contributed by atoms with E-state index in [-0.39, 0.29) is 12.3 Å². The van der Waals surface area contributed by atoms with Crippen LogP contribution < -0.4 is 27.0 Å². The Kier molecular flexibility index (Phi) is 13.8. The zero-order valence-corrected chi connectivity index (χ0v) is 26.0. The number of aromatic nitrogens is 3. The van der Waals surface area contributed by atoms with Crippen LogP contribution in [0.4, 0.5) is 23.5 Å². The summed E-state index contributed by atoms with van der Waals surface area (Å²) in [5.74, 6) is 3.76. The number of hydrogen-bond acceptors (Lipinski definition) is 9. The predicted molar refractivity (Wildman–Crippen MR) is 174 cm³/mol. The zero-order valence-electron chi connectivity index (χ0n) is 26.0. The quantitative estimate of drug-likeness (QED) is 0.109. The van der Waals surface area contributed by atoms with E-state index in [0.29, 0.717) is 42.8 Å². The number of ether oxygens (including phenoxy) is 1. The molecule has 1 amide bonds. The van der Waals surface area contributed by atoms with Crippen molar-refractivity contribution in [3.63, 3.8) is 0 Å². The van der Waals surface area contributed by atoms with Crippen molar-refractivity contribution in [1.82, 2.24) is 20.3 Å². The standard InChI is InChI=1S/C33H52N8O2/c1-25-10-12-28(13-11-25)24-37-32-39-31(36-23-27-8-4-2-5-9-27)40-33(41-32)38-29-16-14-26(15-17-29)22-30(42)35-19-21-43-20-7-3-6-18-34/h14-17,19,21,25,27-28H,2-13,18,20,22-24,34H2,1H3,(H,35,42)(H3,36,37,38,39,40,41)/b21-19+. The molecule has 0 radical (unpaired) electrons. The molecule has 43 heavy (non-hydrogen) atoms. The molecule has 2 aliphatic rings. The van der Waals surface area contributed by atoms with Crippen LogP contribution in [-0.4, -0.2) is 47.1 Å². The number of nitrogens with zero attached hydrogens (tertiary/aromatic N) is 3. The molecular formula is C33H52N8O2. The second kappa shape index (κ2) is 18.3. The van der Waals surface area contributed by atoms with Gasteiger partial charge in [-0.25, -0.2) is 0 Å². The molecule has 0 unspecified atom stereocenters. The van der Waals surface area contributed by atoms with Crippen LogP contribution in [0.5, 0.6) is 0 Å². The van der Waals surface area contributed by atoms with Crippen LogP contribution in [0.25, 0.3) is 0 Å². The second-order valence-electron chi connectivity index (χ2n) is 12.3. The first-order valence-electron chi connectivity index (χ1n) is 16.4. The van der Waals surface area contributed by atoms with Gasteiger partial charge in [0, 0.05) is 25.0 Å². The van der Waals surface area contributed by atoms with Gasteiger partial charge in [0.2, 0.25) is 23.8 Å². The molecule has 1 aromatic heterocycles. The lowest BCUT2D eigenvalue weighted by Gasteiger charge is -2.26. The number of nitrogens with one attached hydrogen (secondary N) is 4. The van der Waals surface area contributed by atoms with Gasteiger partial charge in [-0.3, -0.25) is 4.79 Å². The number of hydrogen-bond donors (Lipinski definition) is 5. The number of carbonyl (C=O) groups excluding carboxylic acids is 1. The van der Waals surface area contributed by atoms with Crippen molar-refractivity contribution in [1.29, 1.82) is 0 Å². The number of anilines is 4. The van der Waals surface area contributed by atoms with Crippen molar-refractivity contribution in [2.45, 2.75) is 90.4 Å². The van der Waals surface area contributed by atoms with Gasteiger partial charge in [0.25, 0.3) is 0 Å². The fourth-order valence-electron chi connectivity index (χ4n) is 5.81. The number of carbonyl (C=O) groups is 1. The Balaban J connectivity index is 1.29. The molecule has 0 aliphatic heterocycles.